The molecule has 0 unspecified atom stereocenters. The number of carbonyl (C=O) groups excluding carboxylic acids is 1. The van der Waals surface area contributed by atoms with Crippen molar-refractivity contribution in [2.45, 2.75) is 52.8 Å². The molecule has 0 spiro atoms. The summed E-state index contributed by atoms with van der Waals surface area (Å²) in [7, 11) is 0. The molecule has 0 aromatic carbocycles. The predicted molar refractivity (Wildman–Crippen MR) is 84.5 cm³/mol. The molecule has 6 heteroatoms. The number of rotatable bonds is 2. The lowest BCUT2D eigenvalue weighted by atomic mass is 10.2. The highest BCUT2D eigenvalue weighted by Crippen LogP contribution is 2.19. The molecule has 0 radical (unpaired) electrons. The Kier molecular flexibility index (Phi) is 4.88. The van der Waals surface area contributed by atoms with E-state index in [4.69, 9.17) is 4.74 Å². The summed E-state index contributed by atoms with van der Waals surface area (Å²) in [5, 5.41) is 1.14. The largest absolute Gasteiger partial charge is 0.444 e. The van der Waals surface area contributed by atoms with Crippen LogP contribution in [0.5, 0.6) is 0 Å². The summed E-state index contributed by atoms with van der Waals surface area (Å²) in [4.78, 5) is 21.9. The summed E-state index contributed by atoms with van der Waals surface area (Å²) >= 11 is 1.74. The summed E-state index contributed by atoms with van der Waals surface area (Å²) in [5.41, 5.74) is -0.435. The second-order valence-corrected chi connectivity index (χ2v) is 7.93. The Morgan fingerprint density at radius 3 is 2.71 bits per heavy atom. The van der Waals surface area contributed by atoms with Crippen LogP contribution in [0, 0.1) is 6.92 Å². The zero-order chi connectivity index (χ0) is 15.6. The first-order chi connectivity index (χ1) is 9.74. The van der Waals surface area contributed by atoms with Crippen molar-refractivity contribution in [3.8, 4) is 0 Å². The van der Waals surface area contributed by atoms with Gasteiger partial charge in [0.05, 0.1) is 6.54 Å². The van der Waals surface area contributed by atoms with Crippen LogP contribution in [0.4, 0.5) is 4.79 Å². The minimum absolute atomic E-state index is 0.209. The van der Waals surface area contributed by atoms with Crippen molar-refractivity contribution in [1.29, 1.82) is 0 Å². The highest BCUT2D eigenvalue weighted by Gasteiger charge is 2.30. The fourth-order valence-electron chi connectivity index (χ4n) is 2.37. The third-order valence-electron chi connectivity index (χ3n) is 3.42. The number of aromatic nitrogens is 1. The molecule has 1 aliphatic heterocycles. The zero-order valence-electron chi connectivity index (χ0n) is 13.5. The number of thiazole rings is 1. The number of amides is 1. The van der Waals surface area contributed by atoms with Crippen molar-refractivity contribution >= 4 is 17.4 Å². The molecule has 1 aromatic rings. The number of aryl methyl sites for hydroxylation is 1. The standard InChI is InChI=1S/C15H25N3O2S/c1-11-9-18(14(19)20-15(3,4)5)7-6-17(11)10-13-16-8-12(2)21-13/h8,11H,6-7,9-10H2,1-5H3/t11-/m0/s1. The predicted octanol–water partition coefficient (Wildman–Crippen LogP) is 2.89. The van der Waals surface area contributed by atoms with Crippen molar-refractivity contribution in [1.82, 2.24) is 14.8 Å². The van der Waals surface area contributed by atoms with Crippen LogP contribution in [0.3, 0.4) is 0 Å². The lowest BCUT2D eigenvalue weighted by molar-refractivity contribution is 0.00461. The molecule has 2 heterocycles. The van der Waals surface area contributed by atoms with Gasteiger partial charge < -0.3 is 9.64 Å². The Hall–Kier alpha value is -1.14. The topological polar surface area (TPSA) is 45.7 Å². The highest BCUT2D eigenvalue weighted by molar-refractivity contribution is 7.11. The average molecular weight is 311 g/mol. The number of nitrogens with zero attached hydrogens (tertiary/aromatic N) is 3. The Morgan fingerprint density at radius 1 is 1.48 bits per heavy atom. The van der Waals surface area contributed by atoms with Crippen LogP contribution in [0.2, 0.25) is 0 Å². The number of ether oxygens (including phenoxy) is 1. The molecule has 0 aliphatic carbocycles. The molecule has 1 amide bonds. The first-order valence-corrected chi connectivity index (χ1v) is 8.19. The molecule has 21 heavy (non-hydrogen) atoms. The van der Waals surface area contributed by atoms with E-state index in [9.17, 15) is 4.79 Å². The molecule has 5 nitrogen and oxygen atoms in total. The number of hydrogen-bond donors (Lipinski definition) is 0. The van der Waals surface area contributed by atoms with Crippen LogP contribution < -0.4 is 0 Å². The van der Waals surface area contributed by atoms with Gasteiger partial charge in [0, 0.05) is 36.8 Å². The van der Waals surface area contributed by atoms with E-state index < -0.39 is 5.60 Å². The van der Waals surface area contributed by atoms with Gasteiger partial charge in [-0.25, -0.2) is 9.78 Å². The summed E-state index contributed by atoms with van der Waals surface area (Å²) < 4.78 is 5.44. The van der Waals surface area contributed by atoms with Crippen LogP contribution in [0.1, 0.15) is 37.6 Å². The highest BCUT2D eigenvalue weighted by atomic mass is 32.1. The van der Waals surface area contributed by atoms with E-state index in [2.05, 4.69) is 23.7 Å². The van der Waals surface area contributed by atoms with E-state index in [0.29, 0.717) is 19.1 Å². The lowest BCUT2D eigenvalue weighted by Gasteiger charge is -2.39. The molecule has 1 fully saturated rings. The molecule has 0 saturated carbocycles. The first-order valence-electron chi connectivity index (χ1n) is 7.38. The van der Waals surface area contributed by atoms with Crippen LogP contribution in [-0.2, 0) is 11.3 Å². The molecule has 1 saturated heterocycles. The monoisotopic (exact) mass is 311 g/mol. The van der Waals surface area contributed by atoms with Gasteiger partial charge >= 0.3 is 6.09 Å². The van der Waals surface area contributed by atoms with Crippen LogP contribution in [0.15, 0.2) is 6.20 Å². The second kappa shape index (κ2) is 6.32. The van der Waals surface area contributed by atoms with Crippen molar-refractivity contribution in [2.24, 2.45) is 0 Å². The van der Waals surface area contributed by atoms with Gasteiger partial charge in [-0.2, -0.15) is 0 Å². The quantitative estimate of drug-likeness (QED) is 0.842. The minimum atomic E-state index is -0.435. The van der Waals surface area contributed by atoms with Gasteiger partial charge in [0.2, 0.25) is 0 Å². The zero-order valence-corrected chi connectivity index (χ0v) is 14.4. The van der Waals surface area contributed by atoms with E-state index >= 15 is 0 Å². The SMILES string of the molecule is Cc1cnc(CN2CCN(C(=O)OC(C)(C)C)C[C@@H]2C)s1. The summed E-state index contributed by atoms with van der Waals surface area (Å²) in [6.45, 7) is 13.1. The van der Waals surface area contributed by atoms with E-state index in [0.717, 1.165) is 18.1 Å². The first kappa shape index (κ1) is 16.2. The van der Waals surface area contributed by atoms with Gasteiger partial charge in [0.25, 0.3) is 0 Å². The molecule has 1 atom stereocenters. The molecular weight excluding hydrogens is 286 g/mol. The van der Waals surface area contributed by atoms with Crippen LogP contribution >= 0.6 is 11.3 Å². The fourth-order valence-corrected chi connectivity index (χ4v) is 3.18. The van der Waals surface area contributed by atoms with Crippen molar-refractivity contribution in [3.63, 3.8) is 0 Å². The summed E-state index contributed by atoms with van der Waals surface area (Å²) in [5.74, 6) is 0. The lowest BCUT2D eigenvalue weighted by Crippen LogP contribution is -2.54. The molecule has 1 aromatic heterocycles. The van der Waals surface area contributed by atoms with Gasteiger partial charge in [0.15, 0.2) is 0 Å². The van der Waals surface area contributed by atoms with E-state index in [-0.39, 0.29) is 6.09 Å². The Morgan fingerprint density at radius 2 is 2.19 bits per heavy atom. The van der Waals surface area contributed by atoms with Crippen molar-refractivity contribution in [2.75, 3.05) is 19.6 Å². The second-order valence-electron chi connectivity index (χ2n) is 6.61. The van der Waals surface area contributed by atoms with Gasteiger partial charge in [-0.15, -0.1) is 11.3 Å². The summed E-state index contributed by atoms with van der Waals surface area (Å²) in [6.07, 6.45) is 1.71. The smallest absolute Gasteiger partial charge is 0.410 e. The molecule has 1 aliphatic rings. The summed E-state index contributed by atoms with van der Waals surface area (Å²) in [6, 6.07) is 0.315. The van der Waals surface area contributed by atoms with E-state index in [1.165, 1.54) is 4.88 Å². The van der Waals surface area contributed by atoms with Crippen LogP contribution in [0.25, 0.3) is 0 Å². The average Bonchev–Trinajstić information content (AvgIpc) is 2.75. The maximum atomic E-state index is 12.1. The van der Waals surface area contributed by atoms with E-state index in [1.807, 2.05) is 27.0 Å². The molecular formula is C15H25N3O2S. The van der Waals surface area contributed by atoms with Gasteiger partial charge in [-0.05, 0) is 34.6 Å². The number of hydrogen-bond acceptors (Lipinski definition) is 5. The Labute approximate surface area is 130 Å². The normalized spacial score (nSPS) is 20.6. The maximum Gasteiger partial charge on any atom is 0.410 e. The molecule has 0 bridgehead atoms. The third-order valence-corrected chi connectivity index (χ3v) is 4.32. The third kappa shape index (κ3) is 4.68. The molecule has 2 rings (SSSR count). The van der Waals surface area contributed by atoms with E-state index in [1.54, 1.807) is 16.2 Å². The maximum absolute atomic E-state index is 12.1. The van der Waals surface area contributed by atoms with Crippen molar-refractivity contribution < 1.29 is 9.53 Å². The van der Waals surface area contributed by atoms with Crippen molar-refractivity contribution in [3.05, 3.63) is 16.1 Å². The fraction of sp³-hybridized carbons (Fsp3) is 0.733. The number of piperazine rings is 1. The van der Waals surface area contributed by atoms with Crippen LogP contribution in [-0.4, -0.2) is 52.2 Å². The van der Waals surface area contributed by atoms with Gasteiger partial charge in [-0.1, -0.05) is 0 Å². The minimum Gasteiger partial charge on any atom is -0.444 e. The number of carbonyl (C=O) groups is 1. The molecule has 0 N–H and O–H groups in total. The molecule has 118 valence electrons. The Balaban J connectivity index is 1.88. The Bertz CT molecular complexity index is 495. The van der Waals surface area contributed by atoms with Gasteiger partial charge in [-0.3, -0.25) is 4.90 Å². The van der Waals surface area contributed by atoms with Gasteiger partial charge in [0.1, 0.15) is 10.6 Å².